The summed E-state index contributed by atoms with van der Waals surface area (Å²) in [5.41, 5.74) is 0. The molecular formula is C7H12N4. The van der Waals surface area contributed by atoms with Crippen LogP contribution in [0.5, 0.6) is 0 Å². The minimum absolute atomic E-state index is 0.494. The lowest BCUT2D eigenvalue weighted by atomic mass is 10.2. The van der Waals surface area contributed by atoms with Crippen molar-refractivity contribution >= 4 is 0 Å². The first kappa shape index (κ1) is 6.79. The van der Waals surface area contributed by atoms with E-state index >= 15 is 0 Å². The molecule has 4 nitrogen and oxygen atoms in total. The third-order valence-corrected chi connectivity index (χ3v) is 2.10. The molecule has 2 rings (SSSR count). The van der Waals surface area contributed by atoms with Gasteiger partial charge >= 0.3 is 0 Å². The zero-order valence-electron chi connectivity index (χ0n) is 6.83. The van der Waals surface area contributed by atoms with Crippen LogP contribution in [-0.4, -0.2) is 21.3 Å². The van der Waals surface area contributed by atoms with Gasteiger partial charge in [-0.1, -0.05) is 0 Å². The van der Waals surface area contributed by atoms with Crippen molar-refractivity contribution in [3.05, 3.63) is 11.6 Å². The lowest BCUT2D eigenvalue weighted by Crippen LogP contribution is -2.32. The molecule has 0 amide bonds. The fraction of sp³-hybridized carbons (Fsp3) is 0.714. The summed E-state index contributed by atoms with van der Waals surface area (Å²) in [6.45, 7) is 6.04. The van der Waals surface area contributed by atoms with Gasteiger partial charge in [0.25, 0.3) is 0 Å². The van der Waals surface area contributed by atoms with Crippen LogP contribution >= 0.6 is 0 Å². The second-order valence-electron chi connectivity index (χ2n) is 3.01. The van der Waals surface area contributed by atoms with Gasteiger partial charge in [-0.25, -0.2) is 0 Å². The molecule has 1 aliphatic heterocycles. The maximum Gasteiger partial charge on any atom is 0.147 e. The van der Waals surface area contributed by atoms with Crippen LogP contribution in [0.15, 0.2) is 0 Å². The van der Waals surface area contributed by atoms with Gasteiger partial charge in [-0.2, -0.15) is 0 Å². The zero-order chi connectivity index (χ0) is 7.84. The van der Waals surface area contributed by atoms with Crippen molar-refractivity contribution in [1.82, 2.24) is 20.1 Å². The summed E-state index contributed by atoms with van der Waals surface area (Å²) in [6, 6.07) is 0.494. The van der Waals surface area contributed by atoms with Gasteiger partial charge in [0.05, 0.1) is 6.54 Å². The fourth-order valence-corrected chi connectivity index (χ4v) is 1.59. The quantitative estimate of drug-likeness (QED) is 0.579. The minimum Gasteiger partial charge on any atom is -0.310 e. The molecule has 60 valence electrons. The number of rotatable bonds is 0. The first-order chi connectivity index (χ1) is 5.29. The lowest BCUT2D eigenvalue weighted by Gasteiger charge is -2.22. The molecule has 1 N–H and O–H groups in total. The van der Waals surface area contributed by atoms with Crippen LogP contribution in [0.2, 0.25) is 0 Å². The Hall–Kier alpha value is -0.900. The van der Waals surface area contributed by atoms with Gasteiger partial charge in [0, 0.05) is 12.6 Å². The Morgan fingerprint density at radius 2 is 2.36 bits per heavy atom. The summed E-state index contributed by atoms with van der Waals surface area (Å²) in [5, 5.41) is 11.4. The van der Waals surface area contributed by atoms with E-state index in [0.717, 1.165) is 24.7 Å². The van der Waals surface area contributed by atoms with E-state index in [0.29, 0.717) is 6.04 Å². The van der Waals surface area contributed by atoms with Crippen molar-refractivity contribution in [2.75, 3.05) is 6.54 Å². The molecule has 1 aromatic rings. The molecule has 0 bridgehead atoms. The van der Waals surface area contributed by atoms with Crippen molar-refractivity contribution < 1.29 is 0 Å². The molecule has 0 saturated carbocycles. The highest BCUT2D eigenvalue weighted by atomic mass is 15.3. The molecule has 1 aliphatic rings. The van der Waals surface area contributed by atoms with Crippen molar-refractivity contribution in [2.24, 2.45) is 0 Å². The van der Waals surface area contributed by atoms with Crippen molar-refractivity contribution in [1.29, 1.82) is 0 Å². The highest BCUT2D eigenvalue weighted by Gasteiger charge is 2.18. The van der Waals surface area contributed by atoms with Crippen molar-refractivity contribution in [3.63, 3.8) is 0 Å². The van der Waals surface area contributed by atoms with E-state index in [9.17, 15) is 0 Å². The van der Waals surface area contributed by atoms with Gasteiger partial charge in [0.15, 0.2) is 0 Å². The van der Waals surface area contributed by atoms with E-state index in [4.69, 9.17) is 0 Å². The molecule has 1 atom stereocenters. The standard InChI is InChI=1S/C7H12N4/c1-5-3-8-4-7-10-9-6(2)11(5)7/h5,8H,3-4H2,1-2H3/t5-/m0/s1. The Morgan fingerprint density at radius 1 is 1.55 bits per heavy atom. The Morgan fingerprint density at radius 3 is 3.09 bits per heavy atom. The molecule has 0 fully saturated rings. The van der Waals surface area contributed by atoms with Crippen molar-refractivity contribution in [2.45, 2.75) is 26.4 Å². The predicted molar refractivity (Wildman–Crippen MR) is 41.2 cm³/mol. The largest absolute Gasteiger partial charge is 0.310 e. The smallest absolute Gasteiger partial charge is 0.147 e. The SMILES string of the molecule is Cc1nnc2n1[C@@H](C)CNC2. The van der Waals surface area contributed by atoms with E-state index in [1.165, 1.54) is 0 Å². The highest BCUT2D eigenvalue weighted by Crippen LogP contribution is 2.14. The van der Waals surface area contributed by atoms with Crippen LogP contribution in [-0.2, 0) is 6.54 Å². The van der Waals surface area contributed by atoms with Gasteiger partial charge in [-0.05, 0) is 13.8 Å². The Bertz CT molecular complexity index is 265. The van der Waals surface area contributed by atoms with Gasteiger partial charge in [0.1, 0.15) is 11.6 Å². The van der Waals surface area contributed by atoms with E-state index in [1.54, 1.807) is 0 Å². The summed E-state index contributed by atoms with van der Waals surface area (Å²) in [6.07, 6.45) is 0. The van der Waals surface area contributed by atoms with Crippen LogP contribution in [0.1, 0.15) is 24.6 Å². The Balaban J connectivity index is 2.48. The molecule has 4 heteroatoms. The number of aryl methyl sites for hydroxylation is 1. The Kier molecular flexibility index (Phi) is 1.42. The summed E-state index contributed by atoms with van der Waals surface area (Å²) in [4.78, 5) is 0. The molecule has 0 radical (unpaired) electrons. The molecule has 11 heavy (non-hydrogen) atoms. The normalized spacial score (nSPS) is 23.3. The van der Waals surface area contributed by atoms with Crippen LogP contribution in [0.25, 0.3) is 0 Å². The highest BCUT2D eigenvalue weighted by molar-refractivity contribution is 4.99. The first-order valence-electron chi connectivity index (χ1n) is 3.90. The minimum atomic E-state index is 0.494. The predicted octanol–water partition coefficient (Wildman–Crippen LogP) is 0.251. The fourth-order valence-electron chi connectivity index (χ4n) is 1.59. The second-order valence-corrected chi connectivity index (χ2v) is 3.01. The number of nitrogens with one attached hydrogen (secondary N) is 1. The van der Waals surface area contributed by atoms with E-state index in [2.05, 4.69) is 27.0 Å². The van der Waals surface area contributed by atoms with Crippen LogP contribution in [0, 0.1) is 6.92 Å². The maximum absolute atomic E-state index is 4.06. The van der Waals surface area contributed by atoms with Crippen LogP contribution in [0.4, 0.5) is 0 Å². The molecular weight excluding hydrogens is 140 g/mol. The van der Waals surface area contributed by atoms with Crippen LogP contribution in [0.3, 0.4) is 0 Å². The topological polar surface area (TPSA) is 42.7 Å². The Labute approximate surface area is 65.6 Å². The third-order valence-electron chi connectivity index (χ3n) is 2.10. The van der Waals surface area contributed by atoms with E-state index in [-0.39, 0.29) is 0 Å². The van der Waals surface area contributed by atoms with E-state index in [1.807, 2.05) is 6.92 Å². The van der Waals surface area contributed by atoms with Crippen molar-refractivity contribution in [3.8, 4) is 0 Å². The number of hydrogen-bond acceptors (Lipinski definition) is 3. The summed E-state index contributed by atoms with van der Waals surface area (Å²) < 4.78 is 2.19. The second kappa shape index (κ2) is 2.30. The average molecular weight is 152 g/mol. The molecule has 1 aromatic heterocycles. The molecule has 2 heterocycles. The van der Waals surface area contributed by atoms with Gasteiger partial charge < -0.3 is 9.88 Å². The number of nitrogens with zero attached hydrogens (tertiary/aromatic N) is 3. The molecule has 0 saturated heterocycles. The molecule has 0 spiro atoms. The average Bonchev–Trinajstić information content (AvgIpc) is 2.34. The van der Waals surface area contributed by atoms with Gasteiger partial charge in [0.2, 0.25) is 0 Å². The summed E-state index contributed by atoms with van der Waals surface area (Å²) >= 11 is 0. The summed E-state index contributed by atoms with van der Waals surface area (Å²) in [7, 11) is 0. The summed E-state index contributed by atoms with van der Waals surface area (Å²) in [5.74, 6) is 2.08. The zero-order valence-corrected chi connectivity index (χ0v) is 6.83. The number of hydrogen-bond donors (Lipinski definition) is 1. The van der Waals surface area contributed by atoms with Gasteiger partial charge in [-0.3, -0.25) is 0 Å². The molecule has 0 unspecified atom stereocenters. The van der Waals surface area contributed by atoms with Crippen LogP contribution < -0.4 is 5.32 Å². The lowest BCUT2D eigenvalue weighted by molar-refractivity contribution is 0.415. The monoisotopic (exact) mass is 152 g/mol. The number of fused-ring (bicyclic) bond motifs is 1. The van der Waals surface area contributed by atoms with E-state index < -0.39 is 0 Å². The molecule has 0 aromatic carbocycles. The maximum atomic E-state index is 4.06. The number of aromatic nitrogens is 3. The first-order valence-corrected chi connectivity index (χ1v) is 3.90. The molecule has 0 aliphatic carbocycles. The van der Waals surface area contributed by atoms with Gasteiger partial charge in [-0.15, -0.1) is 10.2 Å². The third kappa shape index (κ3) is 0.939.